The second-order valence-corrected chi connectivity index (χ2v) is 3.31. The fourth-order valence-corrected chi connectivity index (χ4v) is 1.74. The van der Waals surface area contributed by atoms with Crippen LogP contribution in [0.15, 0.2) is 6.20 Å². The van der Waals surface area contributed by atoms with E-state index in [0.717, 1.165) is 31.6 Å². The van der Waals surface area contributed by atoms with Crippen molar-refractivity contribution in [3.05, 3.63) is 11.9 Å². The molecule has 2 heterocycles. The summed E-state index contributed by atoms with van der Waals surface area (Å²) in [5, 5.41) is 20.1. The lowest BCUT2D eigenvalue weighted by Crippen LogP contribution is -2.30. The third-order valence-corrected chi connectivity index (χ3v) is 2.47. The van der Waals surface area contributed by atoms with E-state index < -0.39 is 0 Å². The van der Waals surface area contributed by atoms with E-state index >= 15 is 0 Å². The molecule has 0 saturated carbocycles. The Morgan fingerprint density at radius 3 is 3.00 bits per heavy atom. The van der Waals surface area contributed by atoms with E-state index in [1.165, 1.54) is 0 Å². The van der Waals surface area contributed by atoms with Gasteiger partial charge in [-0.1, -0.05) is 5.21 Å². The summed E-state index contributed by atoms with van der Waals surface area (Å²) in [5.74, 6) is 0. The van der Waals surface area contributed by atoms with Crippen LogP contribution in [0, 0.1) is 0 Å². The predicted octanol–water partition coefficient (Wildman–Crippen LogP) is -0.305. The molecule has 0 aliphatic carbocycles. The van der Waals surface area contributed by atoms with Gasteiger partial charge in [-0.25, -0.2) is 4.68 Å². The quantitative estimate of drug-likeness (QED) is 0.659. The van der Waals surface area contributed by atoms with Gasteiger partial charge in [0.15, 0.2) is 0 Å². The average molecular weight is 182 g/mol. The maximum atomic E-state index is 9.02. The van der Waals surface area contributed by atoms with Crippen LogP contribution in [0.25, 0.3) is 0 Å². The minimum Gasteiger partial charge on any atom is -0.390 e. The SMILES string of the molecule is OCc1cnnn1C1CCNCC1. The Labute approximate surface area is 76.8 Å². The molecule has 1 aliphatic heterocycles. The van der Waals surface area contributed by atoms with E-state index in [4.69, 9.17) is 5.11 Å². The zero-order valence-electron chi connectivity index (χ0n) is 7.48. The Hall–Kier alpha value is -0.940. The maximum absolute atomic E-state index is 9.02. The van der Waals surface area contributed by atoms with Crippen LogP contribution in [0.3, 0.4) is 0 Å². The molecule has 1 aromatic rings. The molecule has 0 unspecified atom stereocenters. The van der Waals surface area contributed by atoms with Crippen LogP contribution in [0.1, 0.15) is 24.6 Å². The number of aliphatic hydroxyl groups excluding tert-OH is 1. The van der Waals surface area contributed by atoms with Crippen LogP contribution >= 0.6 is 0 Å². The van der Waals surface area contributed by atoms with Gasteiger partial charge < -0.3 is 10.4 Å². The smallest absolute Gasteiger partial charge is 0.0866 e. The van der Waals surface area contributed by atoms with Crippen molar-refractivity contribution in [3.63, 3.8) is 0 Å². The molecule has 0 radical (unpaired) electrons. The molecule has 72 valence electrons. The number of rotatable bonds is 2. The maximum Gasteiger partial charge on any atom is 0.0866 e. The van der Waals surface area contributed by atoms with E-state index in [1.807, 2.05) is 4.68 Å². The lowest BCUT2D eigenvalue weighted by molar-refractivity contribution is 0.250. The van der Waals surface area contributed by atoms with Gasteiger partial charge in [-0.05, 0) is 25.9 Å². The molecular formula is C8H14N4O. The lowest BCUT2D eigenvalue weighted by atomic mass is 10.1. The average Bonchev–Trinajstić information content (AvgIpc) is 2.67. The van der Waals surface area contributed by atoms with E-state index in [2.05, 4.69) is 15.6 Å². The Kier molecular flexibility index (Phi) is 2.56. The Morgan fingerprint density at radius 1 is 1.54 bits per heavy atom. The zero-order valence-corrected chi connectivity index (χ0v) is 7.48. The van der Waals surface area contributed by atoms with Gasteiger partial charge in [-0.15, -0.1) is 5.10 Å². The molecule has 1 aromatic heterocycles. The van der Waals surface area contributed by atoms with Crippen molar-refractivity contribution in [1.29, 1.82) is 0 Å². The van der Waals surface area contributed by atoms with E-state index in [9.17, 15) is 0 Å². The van der Waals surface area contributed by atoms with Crippen molar-refractivity contribution in [2.45, 2.75) is 25.5 Å². The molecule has 2 N–H and O–H groups in total. The van der Waals surface area contributed by atoms with Crippen LogP contribution in [-0.2, 0) is 6.61 Å². The lowest BCUT2D eigenvalue weighted by Gasteiger charge is -2.23. The molecular weight excluding hydrogens is 168 g/mol. The summed E-state index contributed by atoms with van der Waals surface area (Å²) in [5.41, 5.74) is 0.812. The first kappa shape index (κ1) is 8.65. The van der Waals surface area contributed by atoms with Gasteiger partial charge in [-0.3, -0.25) is 0 Å². The summed E-state index contributed by atoms with van der Waals surface area (Å²) in [6, 6.07) is 0.408. The second-order valence-electron chi connectivity index (χ2n) is 3.31. The predicted molar refractivity (Wildman–Crippen MR) is 47.1 cm³/mol. The van der Waals surface area contributed by atoms with E-state index in [-0.39, 0.29) is 6.61 Å². The van der Waals surface area contributed by atoms with Gasteiger partial charge >= 0.3 is 0 Å². The third kappa shape index (κ3) is 1.71. The van der Waals surface area contributed by atoms with Gasteiger partial charge in [0, 0.05) is 0 Å². The molecule has 1 saturated heterocycles. The molecule has 0 spiro atoms. The minimum atomic E-state index is 0.0247. The second kappa shape index (κ2) is 3.85. The molecule has 0 bridgehead atoms. The Morgan fingerprint density at radius 2 is 2.31 bits per heavy atom. The van der Waals surface area contributed by atoms with Crippen LogP contribution < -0.4 is 5.32 Å². The number of hydrogen-bond donors (Lipinski definition) is 2. The van der Waals surface area contributed by atoms with Gasteiger partial charge in [0.05, 0.1) is 24.5 Å². The zero-order chi connectivity index (χ0) is 9.10. The molecule has 2 rings (SSSR count). The minimum absolute atomic E-state index is 0.0247. The highest BCUT2D eigenvalue weighted by molar-refractivity contribution is 4.94. The molecule has 1 fully saturated rings. The van der Waals surface area contributed by atoms with Crippen LogP contribution in [0.5, 0.6) is 0 Å². The van der Waals surface area contributed by atoms with Gasteiger partial charge in [0.1, 0.15) is 0 Å². The van der Waals surface area contributed by atoms with Crippen molar-refractivity contribution in [2.75, 3.05) is 13.1 Å². The molecule has 13 heavy (non-hydrogen) atoms. The number of aliphatic hydroxyl groups is 1. The highest BCUT2D eigenvalue weighted by atomic mass is 16.3. The number of hydrogen-bond acceptors (Lipinski definition) is 4. The first-order valence-corrected chi connectivity index (χ1v) is 4.62. The molecule has 0 amide bonds. The Balaban J connectivity index is 2.13. The van der Waals surface area contributed by atoms with Crippen molar-refractivity contribution >= 4 is 0 Å². The first-order chi connectivity index (χ1) is 6.42. The van der Waals surface area contributed by atoms with Crippen LogP contribution in [-0.4, -0.2) is 33.2 Å². The summed E-state index contributed by atoms with van der Waals surface area (Å²) in [7, 11) is 0. The fraction of sp³-hybridized carbons (Fsp3) is 0.750. The van der Waals surface area contributed by atoms with Crippen molar-refractivity contribution in [3.8, 4) is 0 Å². The van der Waals surface area contributed by atoms with E-state index in [1.54, 1.807) is 6.20 Å². The largest absolute Gasteiger partial charge is 0.390 e. The van der Waals surface area contributed by atoms with Crippen LogP contribution in [0.2, 0.25) is 0 Å². The highest BCUT2D eigenvalue weighted by Gasteiger charge is 2.17. The summed E-state index contributed by atoms with van der Waals surface area (Å²) in [4.78, 5) is 0. The summed E-state index contributed by atoms with van der Waals surface area (Å²) in [6.45, 7) is 2.07. The van der Waals surface area contributed by atoms with Crippen molar-refractivity contribution in [1.82, 2.24) is 20.3 Å². The summed E-state index contributed by atoms with van der Waals surface area (Å²) < 4.78 is 1.85. The van der Waals surface area contributed by atoms with Crippen molar-refractivity contribution in [2.24, 2.45) is 0 Å². The highest BCUT2D eigenvalue weighted by Crippen LogP contribution is 2.18. The van der Waals surface area contributed by atoms with Crippen LogP contribution in [0.4, 0.5) is 0 Å². The summed E-state index contributed by atoms with van der Waals surface area (Å²) >= 11 is 0. The van der Waals surface area contributed by atoms with Gasteiger partial charge in [-0.2, -0.15) is 0 Å². The van der Waals surface area contributed by atoms with E-state index in [0.29, 0.717) is 6.04 Å². The molecule has 1 aliphatic rings. The monoisotopic (exact) mass is 182 g/mol. The number of nitrogens with one attached hydrogen (secondary N) is 1. The number of nitrogens with zero attached hydrogens (tertiary/aromatic N) is 3. The third-order valence-electron chi connectivity index (χ3n) is 2.47. The first-order valence-electron chi connectivity index (χ1n) is 4.62. The molecule has 5 heteroatoms. The van der Waals surface area contributed by atoms with Gasteiger partial charge in [0.25, 0.3) is 0 Å². The Bertz CT molecular complexity index is 267. The van der Waals surface area contributed by atoms with Gasteiger partial charge in [0.2, 0.25) is 0 Å². The molecule has 5 nitrogen and oxygen atoms in total. The van der Waals surface area contributed by atoms with Crippen molar-refractivity contribution < 1.29 is 5.11 Å². The fourth-order valence-electron chi connectivity index (χ4n) is 1.74. The normalized spacial score (nSPS) is 19.2. The number of piperidine rings is 1. The standard InChI is InChI=1S/C8H14N4O/c13-6-8-5-10-11-12(8)7-1-3-9-4-2-7/h5,7,9,13H,1-4,6H2. The molecule has 0 atom stereocenters. The topological polar surface area (TPSA) is 63.0 Å². The summed E-state index contributed by atoms with van der Waals surface area (Å²) in [6.07, 6.45) is 3.76. The number of aromatic nitrogens is 3. The molecule has 0 aromatic carbocycles.